The maximum Gasteiger partial charge on any atom is 0.247 e. The fourth-order valence-electron chi connectivity index (χ4n) is 4.54. The molecule has 0 spiro atoms. The lowest BCUT2D eigenvalue weighted by Crippen LogP contribution is -2.70. The zero-order chi connectivity index (χ0) is 22.8. The third-order valence-electron chi connectivity index (χ3n) is 6.35. The molecule has 1 atom stereocenters. The summed E-state index contributed by atoms with van der Waals surface area (Å²) in [5.41, 5.74) is -0.0764. The van der Waals surface area contributed by atoms with Crippen molar-refractivity contribution in [1.82, 2.24) is 9.62 Å². The normalized spacial score (nSPS) is 24.5. The fraction of sp³-hybridized carbons (Fsp3) is 0.636. The van der Waals surface area contributed by atoms with E-state index in [9.17, 15) is 18.0 Å². The van der Waals surface area contributed by atoms with Gasteiger partial charge in [-0.2, -0.15) is 4.31 Å². The number of halogens is 1. The van der Waals surface area contributed by atoms with Crippen molar-refractivity contribution in [3.05, 3.63) is 28.8 Å². The molecule has 0 unspecified atom stereocenters. The number of anilines is 1. The van der Waals surface area contributed by atoms with Gasteiger partial charge in [0.1, 0.15) is 5.54 Å². The Morgan fingerprint density at radius 3 is 2.39 bits per heavy atom. The first kappa shape index (κ1) is 24.0. The number of piperazine rings is 1. The van der Waals surface area contributed by atoms with E-state index in [1.807, 2.05) is 6.92 Å². The highest BCUT2D eigenvalue weighted by Gasteiger charge is 2.51. The highest BCUT2D eigenvalue weighted by atomic mass is 35.5. The molecular formula is C22H32ClN3O4S. The second-order valence-corrected chi connectivity index (χ2v) is 11.4. The molecule has 1 aliphatic heterocycles. The van der Waals surface area contributed by atoms with Crippen LogP contribution in [-0.2, 0) is 19.6 Å². The van der Waals surface area contributed by atoms with Crippen molar-refractivity contribution in [3.8, 4) is 0 Å². The van der Waals surface area contributed by atoms with Gasteiger partial charge in [0.2, 0.25) is 21.8 Å². The first-order valence-corrected chi connectivity index (χ1v) is 13.1. The van der Waals surface area contributed by atoms with Crippen molar-refractivity contribution in [2.24, 2.45) is 0 Å². The van der Waals surface area contributed by atoms with Crippen molar-refractivity contribution in [3.63, 3.8) is 0 Å². The second-order valence-electron chi connectivity index (χ2n) is 8.98. The van der Waals surface area contributed by atoms with E-state index in [0.717, 1.165) is 54.6 Å². The van der Waals surface area contributed by atoms with Crippen LogP contribution in [0.2, 0.25) is 5.02 Å². The molecule has 0 radical (unpaired) electrons. The van der Waals surface area contributed by atoms with Gasteiger partial charge in [-0.3, -0.25) is 14.5 Å². The number of amides is 2. The predicted octanol–water partition coefficient (Wildman–Crippen LogP) is 3.24. The molecule has 172 valence electrons. The van der Waals surface area contributed by atoms with E-state index in [-0.39, 0.29) is 25.0 Å². The van der Waals surface area contributed by atoms with E-state index >= 15 is 0 Å². The average Bonchev–Trinajstić information content (AvgIpc) is 2.65. The van der Waals surface area contributed by atoms with Gasteiger partial charge in [0, 0.05) is 23.3 Å². The summed E-state index contributed by atoms with van der Waals surface area (Å²) in [5.74, 6) is -0.781. The maximum absolute atomic E-state index is 13.6. The minimum atomic E-state index is -3.65. The molecule has 7 nitrogen and oxygen atoms in total. The first-order chi connectivity index (χ1) is 14.5. The topological polar surface area (TPSA) is 86.8 Å². The van der Waals surface area contributed by atoms with Crippen LogP contribution in [0.1, 0.15) is 57.4 Å². The molecule has 1 aliphatic carbocycles. The Kier molecular flexibility index (Phi) is 7.33. The highest BCUT2D eigenvalue weighted by molar-refractivity contribution is 7.88. The van der Waals surface area contributed by atoms with Crippen molar-refractivity contribution in [2.75, 3.05) is 24.2 Å². The number of hydrogen-bond donors (Lipinski definition) is 1. The van der Waals surface area contributed by atoms with Crippen LogP contribution < -0.4 is 10.2 Å². The van der Waals surface area contributed by atoms with Gasteiger partial charge in [0.05, 0.1) is 12.8 Å². The summed E-state index contributed by atoms with van der Waals surface area (Å²) < 4.78 is 25.7. The molecule has 1 aromatic carbocycles. The minimum absolute atomic E-state index is 0.0237. The van der Waals surface area contributed by atoms with Crippen molar-refractivity contribution < 1.29 is 18.0 Å². The largest absolute Gasteiger partial charge is 0.351 e. The maximum atomic E-state index is 13.6. The summed E-state index contributed by atoms with van der Waals surface area (Å²) >= 11 is 6.20. The number of nitrogens with zero attached hydrogens (tertiary/aromatic N) is 2. The van der Waals surface area contributed by atoms with Crippen LogP contribution in [0.3, 0.4) is 0 Å². The van der Waals surface area contributed by atoms with E-state index < -0.39 is 21.5 Å². The van der Waals surface area contributed by atoms with E-state index in [4.69, 9.17) is 11.6 Å². The summed E-state index contributed by atoms with van der Waals surface area (Å²) in [4.78, 5) is 28.3. The zero-order valence-corrected chi connectivity index (χ0v) is 20.1. The van der Waals surface area contributed by atoms with Gasteiger partial charge in [0.25, 0.3) is 0 Å². The second kappa shape index (κ2) is 9.46. The molecule has 1 heterocycles. The Bertz CT molecular complexity index is 944. The molecule has 1 N–H and O–H groups in total. The van der Waals surface area contributed by atoms with Crippen LogP contribution in [0, 0.1) is 6.92 Å². The number of carbonyl (C=O) groups excluding carboxylic acids is 2. The van der Waals surface area contributed by atoms with E-state index in [0.29, 0.717) is 10.7 Å². The Labute approximate surface area is 190 Å². The number of carbonyl (C=O) groups is 2. The molecule has 9 heteroatoms. The van der Waals surface area contributed by atoms with Crippen molar-refractivity contribution >= 4 is 39.1 Å². The third-order valence-corrected chi connectivity index (χ3v) is 7.78. The van der Waals surface area contributed by atoms with E-state index in [1.54, 1.807) is 25.1 Å². The average molecular weight is 470 g/mol. The minimum Gasteiger partial charge on any atom is -0.351 e. The number of rotatable bonds is 4. The standard InChI is InChI=1S/C22H32ClN3O4S/c1-16-11-12-17(23)13-19(16)26-20(27)14-25(31(3,29)30)15-22(26,2)21(28)24-18-9-7-5-4-6-8-10-18/h11-13,18H,4-10,14-15H2,1-3H3,(H,24,28)/t22-/m1/s1. The van der Waals surface area contributed by atoms with Crippen molar-refractivity contribution in [1.29, 1.82) is 0 Å². The Balaban J connectivity index is 1.98. The van der Waals surface area contributed by atoms with Crippen LogP contribution in [0.25, 0.3) is 0 Å². The summed E-state index contributed by atoms with van der Waals surface area (Å²) in [6, 6.07) is 5.20. The fourth-order valence-corrected chi connectivity index (χ4v) is 5.54. The van der Waals surface area contributed by atoms with Gasteiger partial charge in [-0.05, 0) is 44.4 Å². The van der Waals surface area contributed by atoms with Crippen LogP contribution in [0.4, 0.5) is 5.69 Å². The van der Waals surface area contributed by atoms with Crippen LogP contribution >= 0.6 is 11.6 Å². The Hall–Kier alpha value is -1.64. The molecule has 2 amide bonds. The smallest absolute Gasteiger partial charge is 0.247 e. The molecule has 3 rings (SSSR count). The summed E-state index contributed by atoms with van der Waals surface area (Å²) in [6.45, 7) is 3.06. The van der Waals surface area contributed by atoms with E-state index in [1.165, 1.54) is 11.3 Å². The Morgan fingerprint density at radius 2 is 1.77 bits per heavy atom. The third kappa shape index (κ3) is 5.41. The summed E-state index contributed by atoms with van der Waals surface area (Å²) in [7, 11) is -3.65. The van der Waals surface area contributed by atoms with Gasteiger partial charge < -0.3 is 5.32 Å². The molecule has 31 heavy (non-hydrogen) atoms. The lowest BCUT2D eigenvalue weighted by Gasteiger charge is -2.47. The number of sulfonamides is 1. The van der Waals surface area contributed by atoms with Gasteiger partial charge >= 0.3 is 0 Å². The molecule has 2 aliphatic rings. The van der Waals surface area contributed by atoms with Gasteiger partial charge in [0.15, 0.2) is 0 Å². The zero-order valence-electron chi connectivity index (χ0n) is 18.5. The number of hydrogen-bond acceptors (Lipinski definition) is 4. The summed E-state index contributed by atoms with van der Waals surface area (Å²) in [5, 5.41) is 3.58. The number of nitrogens with one attached hydrogen (secondary N) is 1. The van der Waals surface area contributed by atoms with Crippen LogP contribution in [-0.4, -0.2) is 55.5 Å². The van der Waals surface area contributed by atoms with Crippen molar-refractivity contribution in [2.45, 2.75) is 70.4 Å². The van der Waals surface area contributed by atoms with Crippen LogP contribution in [0.5, 0.6) is 0 Å². The molecule has 1 aromatic rings. The van der Waals surface area contributed by atoms with Crippen LogP contribution in [0.15, 0.2) is 18.2 Å². The molecule has 2 fully saturated rings. The molecule has 0 bridgehead atoms. The number of aryl methyl sites for hydroxylation is 1. The molecule has 1 saturated carbocycles. The highest BCUT2D eigenvalue weighted by Crippen LogP contribution is 2.34. The summed E-state index contributed by atoms with van der Waals surface area (Å²) in [6.07, 6.45) is 8.46. The molecule has 1 saturated heterocycles. The molecule has 0 aromatic heterocycles. The molecular weight excluding hydrogens is 438 g/mol. The SMILES string of the molecule is Cc1ccc(Cl)cc1N1C(=O)CN(S(C)(=O)=O)C[C@]1(C)C(=O)NC1CCCCCCC1. The predicted molar refractivity (Wildman–Crippen MR) is 123 cm³/mol. The van der Waals surface area contributed by atoms with E-state index in [2.05, 4.69) is 5.32 Å². The Morgan fingerprint density at radius 1 is 1.16 bits per heavy atom. The lowest BCUT2D eigenvalue weighted by molar-refractivity contribution is -0.133. The first-order valence-electron chi connectivity index (χ1n) is 10.9. The van der Waals surface area contributed by atoms with Gasteiger partial charge in [-0.25, -0.2) is 8.42 Å². The van der Waals surface area contributed by atoms with Gasteiger partial charge in [-0.15, -0.1) is 0 Å². The van der Waals surface area contributed by atoms with Gasteiger partial charge in [-0.1, -0.05) is 49.8 Å². The monoisotopic (exact) mass is 469 g/mol. The lowest BCUT2D eigenvalue weighted by atomic mass is 9.91. The quantitative estimate of drug-likeness (QED) is 0.733. The number of benzene rings is 1.